The summed E-state index contributed by atoms with van der Waals surface area (Å²) in [5, 5.41) is 0. The molecular formula is C9H19NO4S. The van der Waals surface area contributed by atoms with Crippen molar-refractivity contribution in [3.63, 3.8) is 0 Å². The van der Waals surface area contributed by atoms with Gasteiger partial charge in [0.2, 0.25) is 0 Å². The van der Waals surface area contributed by atoms with Gasteiger partial charge in [-0.2, -0.15) is 0 Å². The molecule has 0 aromatic rings. The second kappa shape index (κ2) is 6.07. The van der Waals surface area contributed by atoms with Crippen LogP contribution in [0.1, 0.15) is 20.3 Å². The Labute approximate surface area is 90.9 Å². The summed E-state index contributed by atoms with van der Waals surface area (Å²) < 4.78 is 27.2. The number of esters is 1. The van der Waals surface area contributed by atoms with E-state index in [2.05, 4.69) is 4.74 Å². The van der Waals surface area contributed by atoms with Crippen molar-refractivity contribution in [2.45, 2.75) is 26.3 Å². The maximum atomic E-state index is 11.4. The highest BCUT2D eigenvalue weighted by Gasteiger charge is 2.23. The molecule has 5 nitrogen and oxygen atoms in total. The van der Waals surface area contributed by atoms with Crippen LogP contribution < -0.4 is 5.73 Å². The minimum absolute atomic E-state index is 0.123. The molecule has 2 unspecified atom stereocenters. The Morgan fingerprint density at radius 2 is 2.00 bits per heavy atom. The molecule has 0 aliphatic rings. The third kappa shape index (κ3) is 5.74. The molecule has 0 aromatic carbocycles. The molecule has 0 saturated carbocycles. The third-order valence-electron chi connectivity index (χ3n) is 2.39. The molecule has 0 fully saturated rings. The van der Waals surface area contributed by atoms with Gasteiger partial charge in [-0.25, -0.2) is 8.42 Å². The third-order valence-corrected chi connectivity index (χ3v) is 3.95. The molecule has 0 saturated heterocycles. The summed E-state index contributed by atoms with van der Waals surface area (Å²) in [7, 11) is -2.29. The van der Waals surface area contributed by atoms with Crippen molar-refractivity contribution in [2.75, 3.05) is 18.6 Å². The van der Waals surface area contributed by atoms with E-state index in [0.29, 0.717) is 0 Å². The predicted molar refractivity (Wildman–Crippen MR) is 58.1 cm³/mol. The van der Waals surface area contributed by atoms with E-state index in [1.165, 1.54) is 0 Å². The average molecular weight is 237 g/mol. The molecule has 2 N–H and O–H groups in total. The number of carbonyl (C=O) groups excluding carboxylic acids is 1. The number of hydrogen-bond acceptors (Lipinski definition) is 5. The lowest BCUT2D eigenvalue weighted by Gasteiger charge is -2.17. The summed E-state index contributed by atoms with van der Waals surface area (Å²) in [4.78, 5) is 10.8. The van der Waals surface area contributed by atoms with Gasteiger partial charge in [0, 0.05) is 6.04 Å². The standard InChI is InChI=1S/C9H19NO4S/c1-4-7(2)8(10)5-15(12,13)6-9(11)14-3/h7-8H,4-6,10H2,1-3H3. The van der Waals surface area contributed by atoms with E-state index in [1.54, 1.807) is 0 Å². The zero-order valence-electron chi connectivity index (χ0n) is 9.39. The van der Waals surface area contributed by atoms with Gasteiger partial charge in [0.15, 0.2) is 9.84 Å². The summed E-state index contributed by atoms with van der Waals surface area (Å²) in [6, 6.07) is -0.426. The van der Waals surface area contributed by atoms with E-state index in [9.17, 15) is 13.2 Å². The molecule has 0 bridgehead atoms. The largest absolute Gasteiger partial charge is 0.468 e. The quantitative estimate of drug-likeness (QED) is 0.654. The normalized spacial score (nSPS) is 15.7. The Bertz CT molecular complexity index is 299. The van der Waals surface area contributed by atoms with Crippen LogP contribution >= 0.6 is 0 Å². The van der Waals surface area contributed by atoms with Gasteiger partial charge >= 0.3 is 5.97 Å². The highest BCUT2D eigenvalue weighted by Crippen LogP contribution is 2.08. The second-order valence-corrected chi connectivity index (χ2v) is 5.79. The molecule has 0 heterocycles. The Hall–Kier alpha value is -0.620. The van der Waals surface area contributed by atoms with Gasteiger partial charge in [-0.05, 0) is 5.92 Å². The number of rotatable bonds is 6. The molecule has 0 radical (unpaired) electrons. The van der Waals surface area contributed by atoms with Crippen LogP contribution in [0, 0.1) is 5.92 Å². The number of sulfone groups is 1. The molecule has 0 aliphatic carbocycles. The number of ether oxygens (including phenoxy) is 1. The fourth-order valence-corrected chi connectivity index (χ4v) is 2.57. The first-order valence-electron chi connectivity index (χ1n) is 4.85. The van der Waals surface area contributed by atoms with Crippen molar-refractivity contribution >= 4 is 15.8 Å². The number of hydrogen-bond donors (Lipinski definition) is 1. The van der Waals surface area contributed by atoms with Crippen LogP contribution in [0.4, 0.5) is 0 Å². The molecule has 6 heteroatoms. The Morgan fingerprint density at radius 3 is 2.40 bits per heavy atom. The first-order chi connectivity index (χ1) is 6.82. The Balaban J connectivity index is 4.32. The molecule has 0 aromatic heterocycles. The van der Waals surface area contributed by atoms with Crippen LogP contribution in [0.5, 0.6) is 0 Å². The van der Waals surface area contributed by atoms with Crippen molar-refractivity contribution in [2.24, 2.45) is 11.7 Å². The first-order valence-corrected chi connectivity index (χ1v) is 6.67. The minimum atomic E-state index is -3.45. The molecule has 0 rings (SSSR count). The summed E-state index contributed by atoms with van der Waals surface area (Å²) in [6.45, 7) is 3.83. The molecule has 2 atom stereocenters. The summed E-state index contributed by atoms with van der Waals surface area (Å²) in [5.74, 6) is -1.38. The highest BCUT2D eigenvalue weighted by atomic mass is 32.2. The highest BCUT2D eigenvalue weighted by molar-refractivity contribution is 7.92. The number of methoxy groups -OCH3 is 1. The maximum absolute atomic E-state index is 11.4. The monoisotopic (exact) mass is 237 g/mol. The topological polar surface area (TPSA) is 86.5 Å². The van der Waals surface area contributed by atoms with Gasteiger partial charge in [-0.15, -0.1) is 0 Å². The molecule has 15 heavy (non-hydrogen) atoms. The lowest BCUT2D eigenvalue weighted by molar-refractivity contribution is -0.137. The zero-order valence-corrected chi connectivity index (χ0v) is 10.2. The van der Waals surface area contributed by atoms with E-state index >= 15 is 0 Å². The van der Waals surface area contributed by atoms with Crippen LogP contribution in [-0.4, -0.2) is 39.0 Å². The summed E-state index contributed by atoms with van der Waals surface area (Å²) >= 11 is 0. The van der Waals surface area contributed by atoms with E-state index in [0.717, 1.165) is 13.5 Å². The smallest absolute Gasteiger partial charge is 0.320 e. The number of nitrogens with two attached hydrogens (primary N) is 1. The summed E-state index contributed by atoms with van der Waals surface area (Å²) in [5.41, 5.74) is 5.70. The summed E-state index contributed by atoms with van der Waals surface area (Å²) in [6.07, 6.45) is 0.814. The van der Waals surface area contributed by atoms with E-state index in [1.807, 2.05) is 13.8 Å². The molecule has 0 amide bonds. The fourth-order valence-electron chi connectivity index (χ4n) is 1.06. The minimum Gasteiger partial charge on any atom is -0.468 e. The predicted octanol–water partition coefficient (Wildman–Crippen LogP) is -0.0524. The zero-order chi connectivity index (χ0) is 12.1. The van der Waals surface area contributed by atoms with Gasteiger partial charge in [0.05, 0.1) is 12.9 Å². The van der Waals surface area contributed by atoms with Crippen LogP contribution in [0.3, 0.4) is 0 Å². The second-order valence-electron chi connectivity index (χ2n) is 3.68. The van der Waals surface area contributed by atoms with Gasteiger partial charge in [-0.3, -0.25) is 4.79 Å². The fraction of sp³-hybridized carbons (Fsp3) is 0.889. The van der Waals surface area contributed by atoms with Crippen molar-refractivity contribution < 1.29 is 17.9 Å². The number of carbonyl (C=O) groups is 1. The van der Waals surface area contributed by atoms with Gasteiger partial charge in [0.25, 0.3) is 0 Å². The maximum Gasteiger partial charge on any atom is 0.320 e. The first kappa shape index (κ1) is 14.4. The van der Waals surface area contributed by atoms with E-state index in [4.69, 9.17) is 5.73 Å². The Kier molecular flexibility index (Phi) is 5.82. The van der Waals surface area contributed by atoms with Crippen LogP contribution in [-0.2, 0) is 19.4 Å². The molecular weight excluding hydrogens is 218 g/mol. The van der Waals surface area contributed by atoms with Crippen LogP contribution in [0.2, 0.25) is 0 Å². The van der Waals surface area contributed by atoms with E-state index in [-0.39, 0.29) is 11.7 Å². The van der Waals surface area contributed by atoms with Gasteiger partial charge in [-0.1, -0.05) is 20.3 Å². The SMILES string of the molecule is CCC(C)C(N)CS(=O)(=O)CC(=O)OC. The van der Waals surface area contributed by atoms with Gasteiger partial charge in [0.1, 0.15) is 5.75 Å². The average Bonchev–Trinajstić information content (AvgIpc) is 2.14. The Morgan fingerprint density at radius 1 is 1.47 bits per heavy atom. The molecule has 0 aliphatic heterocycles. The van der Waals surface area contributed by atoms with E-state index < -0.39 is 27.6 Å². The van der Waals surface area contributed by atoms with Crippen molar-refractivity contribution in [3.8, 4) is 0 Å². The van der Waals surface area contributed by atoms with Crippen molar-refractivity contribution in [3.05, 3.63) is 0 Å². The van der Waals surface area contributed by atoms with Crippen molar-refractivity contribution in [1.82, 2.24) is 0 Å². The van der Waals surface area contributed by atoms with Crippen LogP contribution in [0.15, 0.2) is 0 Å². The molecule has 0 spiro atoms. The lowest BCUT2D eigenvalue weighted by Crippen LogP contribution is -2.37. The van der Waals surface area contributed by atoms with Crippen LogP contribution in [0.25, 0.3) is 0 Å². The van der Waals surface area contributed by atoms with Gasteiger partial charge < -0.3 is 10.5 Å². The van der Waals surface area contributed by atoms with Crippen molar-refractivity contribution in [1.29, 1.82) is 0 Å². The lowest BCUT2D eigenvalue weighted by atomic mass is 10.0. The molecule has 90 valence electrons.